The second-order valence-corrected chi connectivity index (χ2v) is 4.70. The van der Waals surface area contributed by atoms with E-state index in [1.807, 2.05) is 30.3 Å². The standard InChI is InChI=1S/C14H10ClN3O2/c1-8-11-12(15)10(14(19)20)7-16-13(11)18(17-8)9-5-3-2-4-6-9/h2-7H,1H3,(H,19,20). The van der Waals surface area contributed by atoms with Crippen LogP contribution in [0.4, 0.5) is 0 Å². The second kappa shape index (κ2) is 4.61. The summed E-state index contributed by atoms with van der Waals surface area (Å²) in [7, 11) is 0. The molecule has 0 radical (unpaired) electrons. The molecule has 0 aliphatic rings. The summed E-state index contributed by atoms with van der Waals surface area (Å²) in [5.41, 5.74) is 2.01. The third kappa shape index (κ3) is 1.83. The van der Waals surface area contributed by atoms with Gasteiger partial charge in [-0.3, -0.25) is 0 Å². The van der Waals surface area contributed by atoms with Gasteiger partial charge in [0.15, 0.2) is 5.65 Å². The van der Waals surface area contributed by atoms with Crippen molar-refractivity contribution in [2.24, 2.45) is 0 Å². The molecule has 0 saturated heterocycles. The molecular weight excluding hydrogens is 278 g/mol. The number of carboxylic acids is 1. The number of para-hydroxylation sites is 1. The summed E-state index contributed by atoms with van der Waals surface area (Å²) in [5, 5.41) is 14.2. The first-order valence-electron chi connectivity index (χ1n) is 5.92. The molecule has 5 nitrogen and oxygen atoms in total. The second-order valence-electron chi connectivity index (χ2n) is 4.32. The number of aromatic nitrogens is 3. The fraction of sp³-hybridized carbons (Fsp3) is 0.0714. The molecule has 3 rings (SSSR count). The highest BCUT2D eigenvalue weighted by molar-refractivity contribution is 6.38. The minimum absolute atomic E-state index is 0.0186. The van der Waals surface area contributed by atoms with Gasteiger partial charge in [-0.1, -0.05) is 29.8 Å². The lowest BCUT2D eigenvalue weighted by Gasteiger charge is -2.03. The van der Waals surface area contributed by atoms with Crippen molar-refractivity contribution >= 4 is 28.6 Å². The maximum absolute atomic E-state index is 11.1. The van der Waals surface area contributed by atoms with E-state index in [9.17, 15) is 4.79 Å². The molecular formula is C14H10ClN3O2. The lowest BCUT2D eigenvalue weighted by molar-refractivity contribution is 0.0697. The Bertz CT molecular complexity index is 812. The first-order chi connectivity index (χ1) is 9.59. The van der Waals surface area contributed by atoms with Gasteiger partial charge >= 0.3 is 5.97 Å². The minimum atomic E-state index is -1.10. The van der Waals surface area contributed by atoms with Gasteiger partial charge < -0.3 is 5.11 Å². The lowest BCUT2D eigenvalue weighted by Crippen LogP contribution is -2.01. The lowest BCUT2D eigenvalue weighted by atomic mass is 10.2. The van der Waals surface area contributed by atoms with Gasteiger partial charge in [0.2, 0.25) is 0 Å². The summed E-state index contributed by atoms with van der Waals surface area (Å²) in [6.45, 7) is 1.78. The van der Waals surface area contributed by atoms with Gasteiger partial charge in [-0.25, -0.2) is 14.5 Å². The van der Waals surface area contributed by atoms with Crippen molar-refractivity contribution in [3.8, 4) is 5.69 Å². The summed E-state index contributed by atoms with van der Waals surface area (Å²) < 4.78 is 1.65. The van der Waals surface area contributed by atoms with Crippen molar-refractivity contribution in [1.82, 2.24) is 14.8 Å². The third-order valence-corrected chi connectivity index (χ3v) is 3.43. The number of hydrogen-bond donors (Lipinski definition) is 1. The van der Waals surface area contributed by atoms with Crippen LogP contribution in [0, 0.1) is 6.92 Å². The van der Waals surface area contributed by atoms with Crippen LogP contribution in [0.1, 0.15) is 16.1 Å². The Balaban J connectivity index is 2.34. The van der Waals surface area contributed by atoms with E-state index in [1.165, 1.54) is 6.20 Å². The Morgan fingerprint density at radius 1 is 1.30 bits per heavy atom. The number of hydrogen-bond acceptors (Lipinski definition) is 3. The maximum atomic E-state index is 11.1. The number of carbonyl (C=O) groups is 1. The van der Waals surface area contributed by atoms with E-state index >= 15 is 0 Å². The average molecular weight is 288 g/mol. The smallest absolute Gasteiger partial charge is 0.338 e. The zero-order valence-electron chi connectivity index (χ0n) is 10.5. The third-order valence-electron chi connectivity index (χ3n) is 3.04. The summed E-state index contributed by atoms with van der Waals surface area (Å²) in [4.78, 5) is 15.3. The molecule has 20 heavy (non-hydrogen) atoms. The molecule has 2 aromatic heterocycles. The molecule has 0 fully saturated rings. The number of nitrogens with zero attached hydrogens (tertiary/aromatic N) is 3. The molecule has 0 aliphatic heterocycles. The molecule has 0 bridgehead atoms. The zero-order valence-corrected chi connectivity index (χ0v) is 11.3. The zero-order chi connectivity index (χ0) is 14.3. The van der Waals surface area contributed by atoms with Crippen LogP contribution in [0.15, 0.2) is 36.5 Å². The van der Waals surface area contributed by atoms with E-state index in [0.29, 0.717) is 16.7 Å². The summed E-state index contributed by atoms with van der Waals surface area (Å²) in [5.74, 6) is -1.10. The molecule has 0 atom stereocenters. The van der Waals surface area contributed by atoms with Crippen LogP contribution in [0.5, 0.6) is 0 Å². The van der Waals surface area contributed by atoms with Gasteiger partial charge in [-0.05, 0) is 19.1 Å². The molecule has 0 unspecified atom stereocenters. The monoisotopic (exact) mass is 287 g/mol. The average Bonchev–Trinajstić information content (AvgIpc) is 2.78. The van der Waals surface area contributed by atoms with Gasteiger partial charge in [-0.2, -0.15) is 5.10 Å². The topological polar surface area (TPSA) is 68.0 Å². The summed E-state index contributed by atoms with van der Waals surface area (Å²) in [6, 6.07) is 9.49. The highest BCUT2D eigenvalue weighted by Gasteiger charge is 2.19. The minimum Gasteiger partial charge on any atom is -0.478 e. The van der Waals surface area contributed by atoms with Gasteiger partial charge in [0.05, 0.1) is 27.4 Å². The fourth-order valence-corrected chi connectivity index (χ4v) is 2.46. The Labute approximate surface area is 119 Å². The fourth-order valence-electron chi connectivity index (χ4n) is 2.11. The van der Waals surface area contributed by atoms with Crippen molar-refractivity contribution in [2.45, 2.75) is 6.92 Å². The van der Waals surface area contributed by atoms with Crippen LogP contribution < -0.4 is 0 Å². The number of aryl methyl sites for hydroxylation is 1. The number of fused-ring (bicyclic) bond motifs is 1. The van der Waals surface area contributed by atoms with Gasteiger partial charge in [-0.15, -0.1) is 0 Å². The number of carboxylic acid groups (broad SMARTS) is 1. The van der Waals surface area contributed by atoms with E-state index in [0.717, 1.165) is 5.69 Å². The molecule has 100 valence electrons. The van der Waals surface area contributed by atoms with E-state index < -0.39 is 5.97 Å². The van der Waals surface area contributed by atoms with Crippen LogP contribution in [0.25, 0.3) is 16.7 Å². The molecule has 3 aromatic rings. The molecule has 1 aromatic carbocycles. The van der Waals surface area contributed by atoms with Crippen LogP contribution in [0.2, 0.25) is 5.02 Å². The van der Waals surface area contributed by atoms with Crippen molar-refractivity contribution in [2.75, 3.05) is 0 Å². The van der Waals surface area contributed by atoms with Crippen molar-refractivity contribution in [1.29, 1.82) is 0 Å². The number of benzene rings is 1. The highest BCUT2D eigenvalue weighted by Crippen LogP contribution is 2.29. The Morgan fingerprint density at radius 2 is 2.00 bits per heavy atom. The number of rotatable bonds is 2. The van der Waals surface area contributed by atoms with Crippen LogP contribution in [-0.4, -0.2) is 25.8 Å². The van der Waals surface area contributed by atoms with Crippen LogP contribution in [-0.2, 0) is 0 Å². The number of halogens is 1. The quantitative estimate of drug-likeness (QED) is 0.786. The Hall–Kier alpha value is -2.40. The van der Waals surface area contributed by atoms with Gasteiger partial charge in [0, 0.05) is 6.20 Å². The van der Waals surface area contributed by atoms with Crippen molar-refractivity contribution in [3.05, 3.63) is 52.8 Å². The number of aromatic carboxylic acids is 1. The van der Waals surface area contributed by atoms with Crippen molar-refractivity contribution in [3.63, 3.8) is 0 Å². The molecule has 2 heterocycles. The molecule has 6 heteroatoms. The Morgan fingerprint density at radius 3 is 2.65 bits per heavy atom. The van der Waals surface area contributed by atoms with Crippen molar-refractivity contribution < 1.29 is 9.90 Å². The SMILES string of the molecule is Cc1nn(-c2ccccc2)c2ncc(C(=O)O)c(Cl)c12. The first kappa shape index (κ1) is 12.6. The molecule has 0 amide bonds. The van der Waals surface area contributed by atoms with E-state index in [1.54, 1.807) is 11.6 Å². The van der Waals surface area contributed by atoms with Gasteiger partial charge in [0.25, 0.3) is 0 Å². The molecule has 0 saturated carbocycles. The molecule has 0 spiro atoms. The van der Waals surface area contributed by atoms with E-state index in [-0.39, 0.29) is 10.6 Å². The largest absolute Gasteiger partial charge is 0.478 e. The van der Waals surface area contributed by atoms with Gasteiger partial charge in [0.1, 0.15) is 0 Å². The Kier molecular flexibility index (Phi) is 2.91. The normalized spacial score (nSPS) is 10.9. The van der Waals surface area contributed by atoms with E-state index in [2.05, 4.69) is 10.1 Å². The highest BCUT2D eigenvalue weighted by atomic mass is 35.5. The molecule has 0 aliphatic carbocycles. The van der Waals surface area contributed by atoms with E-state index in [4.69, 9.17) is 16.7 Å². The predicted octanol–water partition coefficient (Wildman–Crippen LogP) is 3.08. The molecule has 1 N–H and O–H groups in total. The predicted molar refractivity (Wildman–Crippen MR) is 75.6 cm³/mol. The first-order valence-corrected chi connectivity index (χ1v) is 6.30. The van der Waals surface area contributed by atoms with Crippen LogP contribution >= 0.6 is 11.6 Å². The summed E-state index contributed by atoms with van der Waals surface area (Å²) in [6.07, 6.45) is 1.26. The maximum Gasteiger partial charge on any atom is 0.338 e. The number of pyridine rings is 1. The van der Waals surface area contributed by atoms with Crippen LogP contribution in [0.3, 0.4) is 0 Å². The summed E-state index contributed by atoms with van der Waals surface area (Å²) >= 11 is 6.17.